The minimum atomic E-state index is -3.46. The molecule has 0 radical (unpaired) electrons. The summed E-state index contributed by atoms with van der Waals surface area (Å²) >= 11 is 1.48. The van der Waals surface area contributed by atoms with Gasteiger partial charge in [-0.25, -0.2) is 13.1 Å². The topological polar surface area (TPSA) is 73.2 Å². The average molecular weight is 285 g/mol. The molecule has 2 heterocycles. The highest BCUT2D eigenvalue weighted by Crippen LogP contribution is 2.25. The molecule has 2 rings (SSSR count). The summed E-state index contributed by atoms with van der Waals surface area (Å²) in [5.74, 6) is 0. The van der Waals surface area contributed by atoms with Gasteiger partial charge in [0.05, 0.1) is 4.90 Å². The van der Waals surface area contributed by atoms with Crippen LogP contribution in [0.1, 0.15) is 16.2 Å². The van der Waals surface area contributed by atoms with Crippen LogP contribution in [0.25, 0.3) is 0 Å². The fraction of sp³-hybridized carbons (Fsp3) is 0.545. The largest absolute Gasteiger partial charge is 0.309 e. The summed E-state index contributed by atoms with van der Waals surface area (Å²) in [5.41, 5.74) is 0. The molecular weight excluding hydrogens is 270 g/mol. The first kappa shape index (κ1) is 13.3. The predicted molar refractivity (Wildman–Crippen MR) is 69.7 cm³/mol. The van der Waals surface area contributed by atoms with Gasteiger partial charge in [-0.05, 0) is 26.3 Å². The molecule has 1 atom stereocenters. The number of aryl methyl sites for hydroxylation is 2. The van der Waals surface area contributed by atoms with Crippen molar-refractivity contribution in [2.24, 2.45) is 0 Å². The average Bonchev–Trinajstić information content (AvgIpc) is 2.84. The second-order valence-corrected chi connectivity index (χ2v) is 7.57. The molecule has 0 amide bonds. The van der Waals surface area contributed by atoms with E-state index in [0.29, 0.717) is 24.4 Å². The molecule has 1 saturated heterocycles. The van der Waals surface area contributed by atoms with Gasteiger partial charge in [-0.3, -0.25) is 0 Å². The predicted octanol–water partition coefficient (Wildman–Crippen LogP) is 1.20. The first-order valence-corrected chi connectivity index (χ1v) is 7.96. The Morgan fingerprint density at radius 2 is 2.28 bits per heavy atom. The van der Waals surface area contributed by atoms with E-state index in [4.69, 9.17) is 5.26 Å². The highest BCUT2D eigenvalue weighted by molar-refractivity contribution is 7.89. The standard InChI is InChI=1S/C11H15N3O2S2/c1-8-5-11(9(2)17-8)18(15,16)13-10-3-4-14(6-10)7-12/h5,10,13H,3-4,6H2,1-2H3. The second-order valence-electron chi connectivity index (χ2n) is 4.43. The first-order chi connectivity index (χ1) is 8.42. The van der Waals surface area contributed by atoms with Crippen LogP contribution in [0.15, 0.2) is 11.0 Å². The van der Waals surface area contributed by atoms with Crippen LogP contribution in [0.5, 0.6) is 0 Å². The van der Waals surface area contributed by atoms with Crippen molar-refractivity contribution in [3.63, 3.8) is 0 Å². The van der Waals surface area contributed by atoms with Crippen molar-refractivity contribution in [3.05, 3.63) is 15.8 Å². The third-order valence-corrected chi connectivity index (χ3v) is 5.68. The van der Waals surface area contributed by atoms with Crippen LogP contribution < -0.4 is 4.72 Å². The lowest BCUT2D eigenvalue weighted by Gasteiger charge is -2.12. The zero-order chi connectivity index (χ0) is 13.3. The van der Waals surface area contributed by atoms with E-state index in [1.807, 2.05) is 20.0 Å². The third-order valence-electron chi connectivity index (χ3n) is 2.94. The monoisotopic (exact) mass is 285 g/mol. The van der Waals surface area contributed by atoms with Gasteiger partial charge in [-0.15, -0.1) is 11.3 Å². The van der Waals surface area contributed by atoms with E-state index in [1.165, 1.54) is 11.3 Å². The van der Waals surface area contributed by atoms with Crippen molar-refractivity contribution in [3.8, 4) is 6.19 Å². The second kappa shape index (κ2) is 4.88. The van der Waals surface area contributed by atoms with Gasteiger partial charge < -0.3 is 4.90 Å². The Kier molecular flexibility index (Phi) is 3.61. The Bertz CT molecular complexity index is 586. The molecule has 0 bridgehead atoms. The zero-order valence-electron chi connectivity index (χ0n) is 10.3. The van der Waals surface area contributed by atoms with E-state index in [-0.39, 0.29) is 6.04 Å². The molecule has 0 saturated carbocycles. The van der Waals surface area contributed by atoms with Gasteiger partial charge in [-0.2, -0.15) is 5.26 Å². The summed E-state index contributed by atoms with van der Waals surface area (Å²) in [6, 6.07) is 1.52. The number of thiophene rings is 1. The number of likely N-dealkylation sites (tertiary alicyclic amines) is 1. The van der Waals surface area contributed by atoms with Crippen molar-refractivity contribution in [2.75, 3.05) is 13.1 Å². The summed E-state index contributed by atoms with van der Waals surface area (Å²) in [6.45, 7) is 4.77. The van der Waals surface area contributed by atoms with Crippen LogP contribution in [0.3, 0.4) is 0 Å². The Morgan fingerprint density at radius 3 is 2.78 bits per heavy atom. The number of nitrogens with zero attached hydrogens (tertiary/aromatic N) is 2. The third kappa shape index (κ3) is 2.66. The molecular formula is C11H15N3O2S2. The van der Waals surface area contributed by atoms with E-state index < -0.39 is 10.0 Å². The maximum absolute atomic E-state index is 12.2. The van der Waals surface area contributed by atoms with Crippen molar-refractivity contribution < 1.29 is 8.42 Å². The lowest BCUT2D eigenvalue weighted by molar-refractivity contribution is 0.470. The Hall–Kier alpha value is -1.10. The minimum absolute atomic E-state index is 0.172. The molecule has 1 fully saturated rings. The summed E-state index contributed by atoms with van der Waals surface area (Å²) in [5, 5.41) is 8.75. The molecule has 98 valence electrons. The van der Waals surface area contributed by atoms with Crippen LogP contribution in [-0.4, -0.2) is 32.4 Å². The molecule has 1 unspecified atom stereocenters. The maximum atomic E-state index is 12.2. The minimum Gasteiger partial charge on any atom is -0.309 e. The van der Waals surface area contributed by atoms with Crippen LogP contribution >= 0.6 is 11.3 Å². The number of rotatable bonds is 3. The molecule has 1 aliphatic rings. The van der Waals surface area contributed by atoms with Gasteiger partial charge >= 0.3 is 0 Å². The smallest absolute Gasteiger partial charge is 0.241 e. The summed E-state index contributed by atoms with van der Waals surface area (Å²) < 4.78 is 27.1. The highest BCUT2D eigenvalue weighted by Gasteiger charge is 2.28. The van der Waals surface area contributed by atoms with E-state index in [9.17, 15) is 8.42 Å². The molecule has 7 heteroatoms. The van der Waals surface area contributed by atoms with Gasteiger partial charge in [0.25, 0.3) is 0 Å². The summed E-state index contributed by atoms with van der Waals surface area (Å²) in [6.07, 6.45) is 2.71. The van der Waals surface area contributed by atoms with Crippen LogP contribution in [0.2, 0.25) is 0 Å². The van der Waals surface area contributed by atoms with Crippen molar-refractivity contribution in [1.82, 2.24) is 9.62 Å². The molecule has 18 heavy (non-hydrogen) atoms. The molecule has 0 aromatic carbocycles. The zero-order valence-corrected chi connectivity index (χ0v) is 11.9. The molecule has 1 aliphatic heterocycles. The normalized spacial score (nSPS) is 20.1. The van der Waals surface area contributed by atoms with Crippen LogP contribution in [-0.2, 0) is 10.0 Å². The van der Waals surface area contributed by atoms with Gasteiger partial charge in [0.2, 0.25) is 10.0 Å². The first-order valence-electron chi connectivity index (χ1n) is 5.66. The van der Waals surface area contributed by atoms with Gasteiger partial charge in [-0.1, -0.05) is 0 Å². The van der Waals surface area contributed by atoms with Crippen LogP contribution in [0, 0.1) is 25.3 Å². The number of hydrogen-bond acceptors (Lipinski definition) is 5. The van der Waals surface area contributed by atoms with E-state index in [1.54, 1.807) is 11.0 Å². The quantitative estimate of drug-likeness (QED) is 0.847. The van der Waals surface area contributed by atoms with Gasteiger partial charge in [0, 0.05) is 28.9 Å². The lowest BCUT2D eigenvalue weighted by atomic mass is 10.3. The van der Waals surface area contributed by atoms with Gasteiger partial charge in [0.1, 0.15) is 0 Å². The Morgan fingerprint density at radius 1 is 1.56 bits per heavy atom. The lowest BCUT2D eigenvalue weighted by Crippen LogP contribution is -2.36. The fourth-order valence-corrected chi connectivity index (χ4v) is 4.92. The molecule has 1 aromatic heterocycles. The molecule has 5 nitrogen and oxygen atoms in total. The summed E-state index contributed by atoms with van der Waals surface area (Å²) in [4.78, 5) is 3.72. The molecule has 1 aromatic rings. The number of sulfonamides is 1. The SMILES string of the molecule is Cc1cc(S(=O)(=O)NC2CCN(C#N)C2)c(C)s1. The van der Waals surface area contributed by atoms with Crippen molar-refractivity contribution in [2.45, 2.75) is 31.2 Å². The van der Waals surface area contributed by atoms with Crippen molar-refractivity contribution >= 4 is 21.4 Å². The van der Waals surface area contributed by atoms with E-state index >= 15 is 0 Å². The van der Waals surface area contributed by atoms with Crippen LogP contribution in [0.4, 0.5) is 0 Å². The van der Waals surface area contributed by atoms with E-state index in [0.717, 1.165) is 9.75 Å². The maximum Gasteiger partial charge on any atom is 0.241 e. The Balaban J connectivity index is 2.14. The summed E-state index contributed by atoms with van der Waals surface area (Å²) in [7, 11) is -3.46. The fourth-order valence-electron chi connectivity index (χ4n) is 2.10. The van der Waals surface area contributed by atoms with Gasteiger partial charge in [0.15, 0.2) is 6.19 Å². The van der Waals surface area contributed by atoms with E-state index in [2.05, 4.69) is 4.72 Å². The number of hydrogen-bond donors (Lipinski definition) is 1. The number of nitriles is 1. The highest BCUT2D eigenvalue weighted by atomic mass is 32.2. The number of nitrogens with one attached hydrogen (secondary N) is 1. The Labute approximate surface area is 111 Å². The molecule has 1 N–H and O–H groups in total. The molecule has 0 spiro atoms. The van der Waals surface area contributed by atoms with Crippen molar-refractivity contribution in [1.29, 1.82) is 5.26 Å². The molecule has 0 aliphatic carbocycles.